The fourth-order valence-electron chi connectivity index (χ4n) is 2.76. The molecule has 0 aromatic heterocycles. The Labute approximate surface area is 111 Å². The molecule has 0 spiro atoms. The lowest BCUT2D eigenvalue weighted by Gasteiger charge is -2.35. The van der Waals surface area contributed by atoms with Crippen molar-refractivity contribution in [3.8, 4) is 0 Å². The van der Waals surface area contributed by atoms with Crippen LogP contribution in [0.4, 0.5) is 0 Å². The standard InChI is InChI=1S/C14H28N2O2/c1-18-10-6-5-9-16-13(17)11-14(12-15)7-3-2-4-8-14/h2-12,15H2,1H3,(H,16,17). The Morgan fingerprint density at radius 2 is 2.00 bits per heavy atom. The molecule has 0 bridgehead atoms. The maximum Gasteiger partial charge on any atom is 0.220 e. The second-order valence-electron chi connectivity index (χ2n) is 5.49. The van der Waals surface area contributed by atoms with E-state index in [2.05, 4.69) is 5.32 Å². The smallest absolute Gasteiger partial charge is 0.220 e. The van der Waals surface area contributed by atoms with Gasteiger partial charge in [-0.3, -0.25) is 4.79 Å². The summed E-state index contributed by atoms with van der Waals surface area (Å²) in [6.07, 6.45) is 8.54. The number of carbonyl (C=O) groups is 1. The Balaban J connectivity index is 2.20. The first-order valence-electron chi connectivity index (χ1n) is 7.18. The van der Waals surface area contributed by atoms with Crippen LogP contribution in [-0.2, 0) is 9.53 Å². The summed E-state index contributed by atoms with van der Waals surface area (Å²) in [5.74, 6) is 0.166. The second kappa shape index (κ2) is 8.48. The van der Waals surface area contributed by atoms with Gasteiger partial charge in [0.15, 0.2) is 0 Å². The molecule has 0 radical (unpaired) electrons. The summed E-state index contributed by atoms with van der Waals surface area (Å²) >= 11 is 0. The van der Waals surface area contributed by atoms with Gasteiger partial charge in [0.25, 0.3) is 0 Å². The summed E-state index contributed by atoms with van der Waals surface area (Å²) in [7, 11) is 1.70. The minimum atomic E-state index is 0.0782. The van der Waals surface area contributed by atoms with Crippen LogP contribution in [0.2, 0.25) is 0 Å². The molecule has 0 heterocycles. The number of nitrogens with two attached hydrogens (primary N) is 1. The predicted molar refractivity (Wildman–Crippen MR) is 73.3 cm³/mol. The zero-order chi connectivity index (χ0) is 13.3. The van der Waals surface area contributed by atoms with Crippen LogP contribution in [0.5, 0.6) is 0 Å². The number of nitrogens with one attached hydrogen (secondary N) is 1. The lowest BCUT2D eigenvalue weighted by molar-refractivity contribution is -0.123. The molecule has 0 saturated heterocycles. The van der Waals surface area contributed by atoms with Crippen LogP contribution in [0.15, 0.2) is 0 Å². The van der Waals surface area contributed by atoms with Gasteiger partial charge < -0.3 is 15.8 Å². The van der Waals surface area contributed by atoms with E-state index in [0.29, 0.717) is 13.0 Å². The van der Waals surface area contributed by atoms with Crippen LogP contribution in [0, 0.1) is 5.41 Å². The van der Waals surface area contributed by atoms with Crippen molar-refractivity contribution in [2.75, 3.05) is 26.8 Å². The van der Waals surface area contributed by atoms with Crippen molar-refractivity contribution < 1.29 is 9.53 Å². The van der Waals surface area contributed by atoms with Gasteiger partial charge in [-0.15, -0.1) is 0 Å². The molecular weight excluding hydrogens is 228 g/mol. The molecule has 0 unspecified atom stereocenters. The van der Waals surface area contributed by atoms with Crippen LogP contribution in [0.3, 0.4) is 0 Å². The first-order valence-corrected chi connectivity index (χ1v) is 7.18. The Morgan fingerprint density at radius 3 is 2.61 bits per heavy atom. The molecular formula is C14H28N2O2. The van der Waals surface area contributed by atoms with E-state index in [9.17, 15) is 4.79 Å². The predicted octanol–water partition coefficient (Wildman–Crippen LogP) is 1.83. The number of carbonyl (C=O) groups excluding carboxylic acids is 1. The van der Waals surface area contributed by atoms with Crippen molar-refractivity contribution in [1.82, 2.24) is 5.32 Å². The van der Waals surface area contributed by atoms with Crippen LogP contribution in [0.1, 0.15) is 51.4 Å². The molecule has 1 amide bonds. The molecule has 1 saturated carbocycles. The van der Waals surface area contributed by atoms with E-state index in [1.165, 1.54) is 19.3 Å². The molecule has 4 nitrogen and oxygen atoms in total. The highest BCUT2D eigenvalue weighted by atomic mass is 16.5. The molecule has 1 fully saturated rings. The van der Waals surface area contributed by atoms with E-state index in [1.807, 2.05) is 0 Å². The third-order valence-electron chi connectivity index (χ3n) is 3.98. The molecule has 4 heteroatoms. The van der Waals surface area contributed by atoms with Crippen LogP contribution in [0.25, 0.3) is 0 Å². The summed E-state index contributed by atoms with van der Waals surface area (Å²) in [5.41, 5.74) is 5.96. The van der Waals surface area contributed by atoms with E-state index >= 15 is 0 Å². The lowest BCUT2D eigenvalue weighted by Crippen LogP contribution is -2.38. The maximum atomic E-state index is 11.9. The van der Waals surface area contributed by atoms with E-state index < -0.39 is 0 Å². The fraction of sp³-hybridized carbons (Fsp3) is 0.929. The zero-order valence-corrected chi connectivity index (χ0v) is 11.7. The Morgan fingerprint density at radius 1 is 1.28 bits per heavy atom. The highest BCUT2D eigenvalue weighted by Gasteiger charge is 2.32. The minimum Gasteiger partial charge on any atom is -0.385 e. The zero-order valence-electron chi connectivity index (χ0n) is 11.7. The average molecular weight is 256 g/mol. The van der Waals surface area contributed by atoms with Crippen molar-refractivity contribution in [1.29, 1.82) is 0 Å². The molecule has 0 aromatic rings. The number of ether oxygens (including phenoxy) is 1. The fourth-order valence-corrected chi connectivity index (χ4v) is 2.76. The van der Waals surface area contributed by atoms with E-state index in [4.69, 9.17) is 10.5 Å². The summed E-state index contributed by atoms with van der Waals surface area (Å²) < 4.78 is 4.97. The first kappa shape index (κ1) is 15.4. The van der Waals surface area contributed by atoms with Gasteiger partial charge in [0.2, 0.25) is 5.91 Å². The van der Waals surface area contributed by atoms with Gasteiger partial charge in [-0.05, 0) is 37.6 Å². The highest BCUT2D eigenvalue weighted by Crippen LogP contribution is 2.38. The summed E-state index contributed by atoms with van der Waals surface area (Å²) in [4.78, 5) is 11.9. The van der Waals surface area contributed by atoms with E-state index in [-0.39, 0.29) is 11.3 Å². The van der Waals surface area contributed by atoms with Crippen LogP contribution in [-0.4, -0.2) is 32.7 Å². The van der Waals surface area contributed by atoms with Gasteiger partial charge in [-0.2, -0.15) is 0 Å². The van der Waals surface area contributed by atoms with Crippen molar-refractivity contribution in [2.45, 2.75) is 51.4 Å². The molecule has 106 valence electrons. The minimum absolute atomic E-state index is 0.0782. The molecule has 1 aliphatic rings. The number of methoxy groups -OCH3 is 1. The van der Waals surface area contributed by atoms with Crippen molar-refractivity contribution in [3.05, 3.63) is 0 Å². The van der Waals surface area contributed by atoms with E-state index in [1.54, 1.807) is 7.11 Å². The monoisotopic (exact) mass is 256 g/mol. The third kappa shape index (κ3) is 5.36. The topological polar surface area (TPSA) is 64.3 Å². The van der Waals surface area contributed by atoms with Gasteiger partial charge in [-0.25, -0.2) is 0 Å². The summed E-state index contributed by atoms with van der Waals surface area (Å²) in [6, 6.07) is 0. The quantitative estimate of drug-likeness (QED) is 0.651. The van der Waals surface area contributed by atoms with Gasteiger partial charge in [0.1, 0.15) is 0 Å². The molecule has 3 N–H and O–H groups in total. The summed E-state index contributed by atoms with van der Waals surface area (Å²) in [5, 5.41) is 3.00. The Kier molecular flexibility index (Phi) is 7.28. The number of amides is 1. The Bertz CT molecular complexity index is 238. The SMILES string of the molecule is COCCCCNC(=O)CC1(CN)CCCCC1. The molecule has 0 atom stereocenters. The van der Waals surface area contributed by atoms with Gasteiger partial charge in [0.05, 0.1) is 0 Å². The van der Waals surface area contributed by atoms with Gasteiger partial charge >= 0.3 is 0 Å². The number of rotatable bonds is 8. The normalized spacial score (nSPS) is 18.6. The maximum absolute atomic E-state index is 11.9. The molecule has 0 aliphatic heterocycles. The van der Waals surface area contributed by atoms with Gasteiger partial charge in [-0.1, -0.05) is 19.3 Å². The van der Waals surface area contributed by atoms with Gasteiger partial charge in [0, 0.05) is 26.7 Å². The number of hydrogen-bond acceptors (Lipinski definition) is 3. The number of hydrogen-bond donors (Lipinski definition) is 2. The molecule has 0 aromatic carbocycles. The molecule has 1 rings (SSSR count). The molecule has 18 heavy (non-hydrogen) atoms. The first-order chi connectivity index (χ1) is 8.72. The number of unbranched alkanes of at least 4 members (excludes halogenated alkanes) is 1. The highest BCUT2D eigenvalue weighted by molar-refractivity contribution is 5.76. The van der Waals surface area contributed by atoms with Crippen LogP contribution >= 0.6 is 0 Å². The van der Waals surface area contributed by atoms with E-state index in [0.717, 1.165) is 38.8 Å². The average Bonchev–Trinajstić information content (AvgIpc) is 2.39. The largest absolute Gasteiger partial charge is 0.385 e. The Hall–Kier alpha value is -0.610. The van der Waals surface area contributed by atoms with Crippen molar-refractivity contribution in [3.63, 3.8) is 0 Å². The van der Waals surface area contributed by atoms with Crippen LogP contribution < -0.4 is 11.1 Å². The lowest BCUT2D eigenvalue weighted by atomic mass is 9.71. The van der Waals surface area contributed by atoms with Crippen molar-refractivity contribution >= 4 is 5.91 Å². The third-order valence-corrected chi connectivity index (χ3v) is 3.98. The molecule has 1 aliphatic carbocycles. The second-order valence-corrected chi connectivity index (χ2v) is 5.49. The summed E-state index contributed by atoms with van der Waals surface area (Å²) in [6.45, 7) is 2.16. The van der Waals surface area contributed by atoms with Crippen molar-refractivity contribution in [2.24, 2.45) is 11.1 Å².